The van der Waals surface area contributed by atoms with E-state index in [0.717, 1.165) is 37.2 Å². The van der Waals surface area contributed by atoms with Gasteiger partial charge < -0.3 is 9.80 Å². The number of anilines is 1. The van der Waals surface area contributed by atoms with Gasteiger partial charge in [0.1, 0.15) is 11.9 Å². The van der Waals surface area contributed by atoms with Crippen molar-refractivity contribution in [1.82, 2.24) is 9.88 Å². The minimum atomic E-state index is 0.636. The Kier molecular flexibility index (Phi) is 5.69. The van der Waals surface area contributed by atoms with Crippen molar-refractivity contribution in [3.63, 3.8) is 0 Å². The molecule has 0 aliphatic carbocycles. The molecule has 2 saturated heterocycles. The standard InChI is InChI=1S/C23H28N4/c24-16-20-6-7-23(25-17-20)27-15-11-22(18-27)21-9-13-26(14-10-21)12-8-19-4-2-1-3-5-19/h1-7,17,21-22H,8-15,18H2. The molecule has 4 heteroatoms. The highest BCUT2D eigenvalue weighted by molar-refractivity contribution is 5.42. The maximum atomic E-state index is 8.92. The maximum absolute atomic E-state index is 8.92. The Morgan fingerprint density at radius 3 is 2.44 bits per heavy atom. The fraction of sp³-hybridized carbons (Fsp3) is 0.478. The van der Waals surface area contributed by atoms with Gasteiger partial charge in [-0.3, -0.25) is 0 Å². The normalized spacial score (nSPS) is 21.3. The molecule has 3 heterocycles. The number of piperidine rings is 1. The number of hydrogen-bond acceptors (Lipinski definition) is 4. The van der Waals surface area contributed by atoms with Gasteiger partial charge >= 0.3 is 0 Å². The van der Waals surface area contributed by atoms with Crippen LogP contribution in [-0.2, 0) is 6.42 Å². The highest BCUT2D eigenvalue weighted by Gasteiger charge is 2.32. The summed E-state index contributed by atoms with van der Waals surface area (Å²) in [5, 5.41) is 8.92. The number of likely N-dealkylation sites (tertiary alicyclic amines) is 1. The zero-order chi connectivity index (χ0) is 18.5. The van der Waals surface area contributed by atoms with Gasteiger partial charge in [-0.25, -0.2) is 4.98 Å². The maximum Gasteiger partial charge on any atom is 0.128 e. The van der Waals surface area contributed by atoms with Crippen LogP contribution >= 0.6 is 0 Å². The van der Waals surface area contributed by atoms with Gasteiger partial charge in [0.2, 0.25) is 0 Å². The van der Waals surface area contributed by atoms with Gasteiger partial charge in [-0.05, 0) is 68.3 Å². The Labute approximate surface area is 162 Å². The van der Waals surface area contributed by atoms with Crippen LogP contribution in [0, 0.1) is 23.2 Å². The van der Waals surface area contributed by atoms with Crippen LogP contribution in [0.15, 0.2) is 48.7 Å². The molecule has 0 N–H and O–H groups in total. The summed E-state index contributed by atoms with van der Waals surface area (Å²) < 4.78 is 0. The molecular formula is C23H28N4. The molecule has 0 spiro atoms. The van der Waals surface area contributed by atoms with Crippen LogP contribution in [0.5, 0.6) is 0 Å². The molecule has 1 aromatic heterocycles. The third kappa shape index (κ3) is 4.48. The molecule has 2 aromatic rings. The van der Waals surface area contributed by atoms with Crippen molar-refractivity contribution in [2.24, 2.45) is 11.8 Å². The second-order valence-electron chi connectivity index (χ2n) is 7.93. The lowest BCUT2D eigenvalue weighted by Gasteiger charge is -2.35. The molecule has 2 aliphatic rings. The first kappa shape index (κ1) is 18.0. The Hall–Kier alpha value is -2.38. The van der Waals surface area contributed by atoms with E-state index < -0.39 is 0 Å². The molecule has 2 aliphatic heterocycles. The summed E-state index contributed by atoms with van der Waals surface area (Å²) in [6.45, 7) is 5.88. The van der Waals surface area contributed by atoms with Crippen molar-refractivity contribution in [2.45, 2.75) is 25.7 Å². The van der Waals surface area contributed by atoms with E-state index in [-0.39, 0.29) is 0 Å². The largest absolute Gasteiger partial charge is 0.356 e. The average Bonchev–Trinajstić information content (AvgIpc) is 3.24. The summed E-state index contributed by atoms with van der Waals surface area (Å²) in [6, 6.07) is 16.8. The first-order valence-corrected chi connectivity index (χ1v) is 10.2. The Morgan fingerprint density at radius 2 is 1.74 bits per heavy atom. The fourth-order valence-corrected chi connectivity index (χ4v) is 4.60. The predicted octanol–water partition coefficient (Wildman–Crippen LogP) is 3.73. The van der Waals surface area contributed by atoms with Crippen LogP contribution in [0.4, 0.5) is 5.82 Å². The summed E-state index contributed by atoms with van der Waals surface area (Å²) in [5.41, 5.74) is 2.08. The molecule has 1 atom stereocenters. The van der Waals surface area contributed by atoms with Crippen molar-refractivity contribution >= 4 is 5.82 Å². The van der Waals surface area contributed by atoms with Crippen LogP contribution in [0.1, 0.15) is 30.4 Å². The van der Waals surface area contributed by atoms with Crippen LogP contribution in [0.25, 0.3) is 0 Å². The lowest BCUT2D eigenvalue weighted by atomic mass is 9.83. The minimum absolute atomic E-state index is 0.636. The third-order valence-electron chi connectivity index (χ3n) is 6.28. The van der Waals surface area contributed by atoms with Crippen LogP contribution in [-0.4, -0.2) is 42.6 Å². The second-order valence-corrected chi connectivity index (χ2v) is 7.93. The van der Waals surface area contributed by atoms with Gasteiger partial charge in [0, 0.05) is 25.8 Å². The number of nitriles is 1. The molecule has 1 aromatic carbocycles. The van der Waals surface area contributed by atoms with Crippen molar-refractivity contribution in [2.75, 3.05) is 37.6 Å². The van der Waals surface area contributed by atoms with Gasteiger partial charge in [0.05, 0.1) is 5.56 Å². The van der Waals surface area contributed by atoms with Gasteiger partial charge in [-0.1, -0.05) is 30.3 Å². The second kappa shape index (κ2) is 8.54. The number of aromatic nitrogens is 1. The van der Waals surface area contributed by atoms with Crippen molar-refractivity contribution in [3.05, 3.63) is 59.8 Å². The van der Waals surface area contributed by atoms with Gasteiger partial charge in [0.15, 0.2) is 0 Å². The van der Waals surface area contributed by atoms with E-state index in [1.807, 2.05) is 12.1 Å². The molecule has 140 valence electrons. The highest BCUT2D eigenvalue weighted by Crippen LogP contribution is 2.33. The SMILES string of the molecule is N#Cc1ccc(N2CCC(C3CCN(CCc4ccccc4)CC3)C2)nc1. The topological polar surface area (TPSA) is 43.2 Å². The molecule has 1 unspecified atom stereocenters. The molecule has 0 bridgehead atoms. The zero-order valence-electron chi connectivity index (χ0n) is 15.9. The van der Waals surface area contributed by atoms with Gasteiger partial charge in [-0.15, -0.1) is 0 Å². The first-order chi connectivity index (χ1) is 13.3. The minimum Gasteiger partial charge on any atom is -0.356 e. The summed E-state index contributed by atoms with van der Waals surface area (Å²) in [6.07, 6.45) is 6.78. The molecule has 0 saturated carbocycles. The molecule has 4 rings (SSSR count). The predicted molar refractivity (Wildman–Crippen MR) is 109 cm³/mol. The summed E-state index contributed by atoms with van der Waals surface area (Å²) >= 11 is 0. The third-order valence-corrected chi connectivity index (χ3v) is 6.28. The van der Waals surface area contributed by atoms with E-state index in [0.29, 0.717) is 5.56 Å². The van der Waals surface area contributed by atoms with E-state index in [4.69, 9.17) is 5.26 Å². The summed E-state index contributed by atoms with van der Waals surface area (Å²) in [7, 11) is 0. The van der Waals surface area contributed by atoms with E-state index in [1.54, 1.807) is 6.20 Å². The monoisotopic (exact) mass is 360 g/mol. The Bertz CT molecular complexity index is 757. The highest BCUT2D eigenvalue weighted by atomic mass is 15.2. The van der Waals surface area contributed by atoms with E-state index >= 15 is 0 Å². The number of hydrogen-bond donors (Lipinski definition) is 0. The molecule has 0 radical (unpaired) electrons. The number of nitrogens with zero attached hydrogens (tertiary/aromatic N) is 4. The quantitative estimate of drug-likeness (QED) is 0.815. The summed E-state index contributed by atoms with van der Waals surface area (Å²) in [5.74, 6) is 2.66. The first-order valence-electron chi connectivity index (χ1n) is 10.2. The van der Waals surface area contributed by atoms with Crippen molar-refractivity contribution in [3.8, 4) is 6.07 Å². The van der Waals surface area contributed by atoms with E-state index in [9.17, 15) is 0 Å². The van der Waals surface area contributed by atoms with E-state index in [1.165, 1.54) is 44.5 Å². The molecule has 4 nitrogen and oxygen atoms in total. The smallest absolute Gasteiger partial charge is 0.128 e. The molecule has 27 heavy (non-hydrogen) atoms. The van der Waals surface area contributed by atoms with Crippen molar-refractivity contribution in [1.29, 1.82) is 5.26 Å². The lowest BCUT2D eigenvalue weighted by Crippen LogP contribution is -2.37. The zero-order valence-corrected chi connectivity index (χ0v) is 15.9. The van der Waals surface area contributed by atoms with E-state index in [2.05, 4.69) is 51.2 Å². The molecule has 2 fully saturated rings. The van der Waals surface area contributed by atoms with Crippen molar-refractivity contribution < 1.29 is 0 Å². The number of rotatable bonds is 5. The van der Waals surface area contributed by atoms with Gasteiger partial charge in [0.25, 0.3) is 0 Å². The van der Waals surface area contributed by atoms with Crippen LogP contribution in [0.3, 0.4) is 0 Å². The Balaban J connectivity index is 1.23. The molecule has 0 amide bonds. The fourth-order valence-electron chi connectivity index (χ4n) is 4.60. The van der Waals surface area contributed by atoms with Gasteiger partial charge in [-0.2, -0.15) is 5.26 Å². The lowest BCUT2D eigenvalue weighted by molar-refractivity contribution is 0.154. The number of pyridine rings is 1. The molecular weight excluding hydrogens is 332 g/mol. The average molecular weight is 361 g/mol. The Morgan fingerprint density at radius 1 is 0.963 bits per heavy atom. The van der Waals surface area contributed by atoms with Crippen LogP contribution in [0.2, 0.25) is 0 Å². The number of benzene rings is 1. The van der Waals surface area contributed by atoms with Crippen LogP contribution < -0.4 is 4.90 Å². The summed E-state index contributed by atoms with van der Waals surface area (Å²) in [4.78, 5) is 9.51.